The maximum absolute atomic E-state index is 13.7. The monoisotopic (exact) mass is 592 g/mol. The van der Waals surface area contributed by atoms with E-state index >= 15 is 0 Å². The van der Waals surface area contributed by atoms with Crippen molar-refractivity contribution in [2.45, 2.75) is 103 Å². The van der Waals surface area contributed by atoms with E-state index in [1.54, 1.807) is 12.1 Å². The van der Waals surface area contributed by atoms with Crippen molar-refractivity contribution in [1.29, 1.82) is 0 Å². The van der Waals surface area contributed by atoms with Gasteiger partial charge in [-0.05, 0) is 75.0 Å². The molecule has 0 spiro atoms. The Labute approximate surface area is 256 Å². The fourth-order valence-corrected chi connectivity index (χ4v) is 6.48. The van der Waals surface area contributed by atoms with Gasteiger partial charge in [-0.1, -0.05) is 92.9 Å². The maximum atomic E-state index is 13.7. The molecule has 0 saturated heterocycles. The molecule has 6 heteroatoms. The van der Waals surface area contributed by atoms with Crippen LogP contribution in [0.5, 0.6) is 0 Å². The molecule has 0 atom stereocenters. The number of hydrogen-bond donors (Lipinski definition) is 0. The summed E-state index contributed by atoms with van der Waals surface area (Å²) < 4.78 is 11.1. The van der Waals surface area contributed by atoms with Crippen LogP contribution in [-0.2, 0) is 14.3 Å². The number of halogens is 1. The summed E-state index contributed by atoms with van der Waals surface area (Å²) in [5.74, 6) is 0.477. The van der Waals surface area contributed by atoms with Gasteiger partial charge < -0.3 is 9.47 Å². The zero-order valence-corrected chi connectivity index (χ0v) is 25.8. The van der Waals surface area contributed by atoms with Crippen molar-refractivity contribution in [1.82, 2.24) is 0 Å². The molecule has 0 unspecified atom stereocenters. The highest BCUT2D eigenvalue weighted by atomic mass is 35.5. The highest BCUT2D eigenvalue weighted by Crippen LogP contribution is 2.42. The summed E-state index contributed by atoms with van der Waals surface area (Å²) >= 11 is 6.08. The maximum Gasteiger partial charge on any atom is 0.305 e. The summed E-state index contributed by atoms with van der Waals surface area (Å²) in [7, 11) is 0. The van der Waals surface area contributed by atoms with Gasteiger partial charge in [0, 0.05) is 28.1 Å². The highest BCUT2D eigenvalue weighted by Gasteiger charge is 2.38. The number of Topliss-reactive ketones (excluding diaryl/α,β-unsaturated/α-hetero) is 2. The second-order valence-electron chi connectivity index (χ2n) is 11.6. The number of ketones is 2. The van der Waals surface area contributed by atoms with E-state index in [1.165, 1.54) is 24.8 Å². The molecule has 226 valence electrons. The number of hydrogen-bond acceptors (Lipinski definition) is 5. The third-order valence-corrected chi connectivity index (χ3v) is 8.92. The number of esters is 1. The van der Waals surface area contributed by atoms with Gasteiger partial charge >= 0.3 is 5.97 Å². The van der Waals surface area contributed by atoms with Gasteiger partial charge in [0.2, 0.25) is 5.78 Å². The van der Waals surface area contributed by atoms with Crippen LogP contribution in [0.25, 0.3) is 0 Å². The Kier molecular flexibility index (Phi) is 12.7. The predicted octanol–water partition coefficient (Wildman–Crippen LogP) is 9.43. The first kappa shape index (κ1) is 32.0. The van der Waals surface area contributed by atoms with Crippen LogP contribution in [0.4, 0.5) is 0 Å². The van der Waals surface area contributed by atoms with Crippen molar-refractivity contribution in [3.63, 3.8) is 0 Å². The second-order valence-corrected chi connectivity index (χ2v) is 12.1. The largest absolute Gasteiger partial charge is 0.489 e. The lowest BCUT2D eigenvalue weighted by Gasteiger charge is -2.32. The second kappa shape index (κ2) is 16.6. The first-order valence-electron chi connectivity index (χ1n) is 16.0. The molecule has 42 heavy (non-hydrogen) atoms. The summed E-state index contributed by atoms with van der Waals surface area (Å²) in [6.07, 6.45) is 13.9. The van der Waals surface area contributed by atoms with Crippen molar-refractivity contribution in [2.24, 2.45) is 5.92 Å². The Morgan fingerprint density at radius 1 is 0.738 bits per heavy atom. The first-order valence-corrected chi connectivity index (χ1v) is 16.3. The van der Waals surface area contributed by atoms with Crippen LogP contribution in [0.1, 0.15) is 129 Å². The number of fused-ring (bicyclic) bond motifs is 1. The fraction of sp³-hybridized carbons (Fsp3) is 0.528. The van der Waals surface area contributed by atoms with Gasteiger partial charge in [0.25, 0.3) is 0 Å². The minimum atomic E-state index is -0.150. The molecule has 5 nitrogen and oxygen atoms in total. The molecule has 0 bridgehead atoms. The Hall–Kier alpha value is -2.92. The smallest absolute Gasteiger partial charge is 0.305 e. The van der Waals surface area contributed by atoms with Gasteiger partial charge in [0.1, 0.15) is 0 Å². The van der Waals surface area contributed by atoms with Gasteiger partial charge in [-0.3, -0.25) is 14.4 Å². The first-order chi connectivity index (χ1) is 20.5. The SMILES string of the molecule is CCOC(=O)CCCCCCCCCCCOC1=C(C2CCC(c3ccc(Cl)cc3)CC2)C(=O)c2ccccc2C1=O. The number of carbonyl (C=O) groups is 3. The minimum Gasteiger partial charge on any atom is -0.489 e. The minimum absolute atomic E-state index is 0.0330. The van der Waals surface area contributed by atoms with E-state index in [2.05, 4.69) is 12.1 Å². The van der Waals surface area contributed by atoms with Crippen LogP contribution in [-0.4, -0.2) is 30.7 Å². The zero-order chi connectivity index (χ0) is 29.7. The van der Waals surface area contributed by atoms with Crippen LogP contribution in [0.2, 0.25) is 5.02 Å². The molecule has 0 radical (unpaired) electrons. The molecule has 4 rings (SSSR count). The van der Waals surface area contributed by atoms with E-state index < -0.39 is 0 Å². The average Bonchev–Trinajstić information content (AvgIpc) is 3.01. The number of ether oxygens (including phenoxy) is 2. The molecule has 2 aliphatic rings. The normalized spacial score (nSPS) is 18.6. The summed E-state index contributed by atoms with van der Waals surface area (Å²) in [6.45, 7) is 2.75. The van der Waals surface area contributed by atoms with Gasteiger partial charge in [-0.15, -0.1) is 0 Å². The molecular weight excluding hydrogens is 548 g/mol. The molecule has 0 heterocycles. The molecular formula is C36H45ClO5. The van der Waals surface area contributed by atoms with Gasteiger partial charge in [-0.25, -0.2) is 0 Å². The molecule has 2 aliphatic carbocycles. The van der Waals surface area contributed by atoms with Gasteiger partial charge in [0.05, 0.1) is 13.2 Å². The Morgan fingerprint density at radius 3 is 1.90 bits per heavy atom. The standard InChI is InChI=1S/C36H45ClO5/c1-2-41-32(38)16-10-8-6-4-3-5-7-9-13-25-42-36-33(34(39)30-14-11-12-15-31(30)35(36)40)28-19-17-26(18-20-28)27-21-23-29(37)24-22-27/h11-12,14-15,21-24,26,28H,2-10,13,16-20,25H2,1H3. The van der Waals surface area contributed by atoms with E-state index in [1.807, 2.05) is 31.2 Å². The molecule has 0 aromatic heterocycles. The Bertz CT molecular complexity index is 1220. The summed E-state index contributed by atoms with van der Waals surface area (Å²) in [5, 5.41) is 0.740. The van der Waals surface area contributed by atoms with Crippen LogP contribution < -0.4 is 0 Å². The van der Waals surface area contributed by atoms with E-state index in [4.69, 9.17) is 21.1 Å². The third-order valence-electron chi connectivity index (χ3n) is 8.67. The predicted molar refractivity (Wildman–Crippen MR) is 167 cm³/mol. The number of benzene rings is 2. The summed E-state index contributed by atoms with van der Waals surface area (Å²) in [5.41, 5.74) is 2.84. The molecule has 1 fully saturated rings. The molecule has 0 N–H and O–H groups in total. The number of rotatable bonds is 16. The molecule has 2 aromatic carbocycles. The third kappa shape index (κ3) is 8.80. The number of allylic oxidation sites excluding steroid dienone is 2. The lowest BCUT2D eigenvalue weighted by atomic mass is 9.72. The van der Waals surface area contributed by atoms with E-state index in [0.29, 0.717) is 42.3 Å². The lowest BCUT2D eigenvalue weighted by Crippen LogP contribution is -2.29. The van der Waals surface area contributed by atoms with Crippen molar-refractivity contribution < 1.29 is 23.9 Å². The average molecular weight is 593 g/mol. The summed E-state index contributed by atoms with van der Waals surface area (Å²) in [6, 6.07) is 15.2. The molecule has 0 amide bonds. The molecule has 1 saturated carbocycles. The van der Waals surface area contributed by atoms with Crippen molar-refractivity contribution in [3.05, 3.63) is 81.6 Å². The van der Waals surface area contributed by atoms with Crippen LogP contribution in [0, 0.1) is 5.92 Å². The number of unbranched alkanes of at least 4 members (excludes halogenated alkanes) is 8. The molecule has 2 aromatic rings. The quantitative estimate of drug-likeness (QED) is 0.143. The van der Waals surface area contributed by atoms with Crippen molar-refractivity contribution >= 4 is 29.1 Å². The van der Waals surface area contributed by atoms with Gasteiger partial charge in [-0.2, -0.15) is 0 Å². The van der Waals surface area contributed by atoms with Crippen LogP contribution in [0.15, 0.2) is 59.9 Å². The lowest BCUT2D eigenvalue weighted by molar-refractivity contribution is -0.143. The van der Waals surface area contributed by atoms with Gasteiger partial charge in [0.15, 0.2) is 11.5 Å². The molecule has 0 aliphatic heterocycles. The Balaban J connectivity index is 1.25. The van der Waals surface area contributed by atoms with Crippen LogP contribution >= 0.6 is 11.6 Å². The highest BCUT2D eigenvalue weighted by molar-refractivity contribution is 6.30. The Morgan fingerprint density at radius 2 is 1.29 bits per heavy atom. The summed E-state index contributed by atoms with van der Waals surface area (Å²) in [4.78, 5) is 38.6. The van der Waals surface area contributed by atoms with Crippen LogP contribution in [0.3, 0.4) is 0 Å². The van der Waals surface area contributed by atoms with E-state index in [-0.39, 0.29) is 29.2 Å². The van der Waals surface area contributed by atoms with E-state index in [9.17, 15) is 14.4 Å². The zero-order valence-electron chi connectivity index (χ0n) is 25.0. The fourth-order valence-electron chi connectivity index (χ4n) is 6.35. The van der Waals surface area contributed by atoms with Crippen molar-refractivity contribution in [3.8, 4) is 0 Å². The van der Waals surface area contributed by atoms with Crippen molar-refractivity contribution in [2.75, 3.05) is 13.2 Å². The topological polar surface area (TPSA) is 69.7 Å². The van der Waals surface area contributed by atoms with E-state index in [0.717, 1.165) is 69.2 Å². The number of carbonyl (C=O) groups excluding carboxylic acids is 3.